The van der Waals surface area contributed by atoms with Gasteiger partial charge in [0.15, 0.2) is 18.1 Å². The van der Waals surface area contributed by atoms with Crippen LogP contribution in [0.5, 0.6) is 11.5 Å². The van der Waals surface area contributed by atoms with Crippen LogP contribution in [0.2, 0.25) is 5.02 Å². The molecule has 1 aliphatic rings. The van der Waals surface area contributed by atoms with Crippen molar-refractivity contribution >= 4 is 35.6 Å². The first-order valence-electron chi connectivity index (χ1n) is 9.49. The lowest BCUT2D eigenvalue weighted by molar-refractivity contribution is -0.139. The van der Waals surface area contributed by atoms with Crippen molar-refractivity contribution in [3.8, 4) is 11.5 Å². The SMILES string of the molecule is CCOc1cc(/C=C2/NC(=O)N(Cc3ccc(C)cc3)C2=O)cc(Cl)c1OCC(=O)O. The Kier molecular flexibility index (Phi) is 6.81. The quantitative estimate of drug-likeness (QED) is 0.476. The van der Waals surface area contributed by atoms with E-state index in [2.05, 4.69) is 5.32 Å². The zero-order chi connectivity index (χ0) is 22.5. The van der Waals surface area contributed by atoms with Crippen LogP contribution in [-0.2, 0) is 16.1 Å². The Bertz CT molecular complexity index is 1050. The largest absolute Gasteiger partial charge is 0.490 e. The number of hydrogen-bond acceptors (Lipinski definition) is 5. The zero-order valence-corrected chi connectivity index (χ0v) is 17.7. The molecule has 0 spiro atoms. The van der Waals surface area contributed by atoms with Crippen molar-refractivity contribution in [1.29, 1.82) is 0 Å². The number of aryl methyl sites for hydroxylation is 1. The van der Waals surface area contributed by atoms with Crippen LogP contribution in [0.4, 0.5) is 4.79 Å². The number of nitrogens with zero attached hydrogens (tertiary/aromatic N) is 1. The normalized spacial score (nSPS) is 14.7. The minimum absolute atomic E-state index is 0.0924. The maximum atomic E-state index is 12.8. The summed E-state index contributed by atoms with van der Waals surface area (Å²) >= 11 is 6.24. The van der Waals surface area contributed by atoms with E-state index in [1.54, 1.807) is 13.0 Å². The molecule has 3 amide bonds. The number of carbonyl (C=O) groups excluding carboxylic acids is 2. The topological polar surface area (TPSA) is 105 Å². The van der Waals surface area contributed by atoms with E-state index < -0.39 is 24.5 Å². The Labute approximate surface area is 184 Å². The third kappa shape index (κ3) is 5.35. The summed E-state index contributed by atoms with van der Waals surface area (Å²) in [5.74, 6) is -1.30. The molecular weight excluding hydrogens is 424 g/mol. The number of halogens is 1. The molecule has 3 rings (SSSR count). The summed E-state index contributed by atoms with van der Waals surface area (Å²) in [5, 5.41) is 11.5. The van der Waals surface area contributed by atoms with Gasteiger partial charge in [0.1, 0.15) is 5.70 Å². The second-order valence-corrected chi connectivity index (χ2v) is 7.22. The lowest BCUT2D eigenvalue weighted by atomic mass is 10.1. The standard InChI is InChI=1S/C22H21ClN2O6/c1-3-30-18-10-15(8-16(23)20(18)31-12-19(26)27)9-17-21(28)25(22(29)24-17)11-14-6-4-13(2)5-7-14/h4-10H,3,11-12H2,1-2H3,(H,24,29)(H,26,27)/b17-9+. The fraction of sp³-hybridized carbons (Fsp3) is 0.227. The number of amides is 3. The lowest BCUT2D eigenvalue weighted by Gasteiger charge is -2.13. The minimum Gasteiger partial charge on any atom is -0.490 e. The van der Waals surface area contributed by atoms with Crippen molar-refractivity contribution < 1.29 is 29.0 Å². The second kappa shape index (κ2) is 9.53. The van der Waals surface area contributed by atoms with Crippen LogP contribution in [0.1, 0.15) is 23.6 Å². The number of carboxylic acids is 1. The maximum absolute atomic E-state index is 12.8. The van der Waals surface area contributed by atoms with Crippen LogP contribution in [-0.4, -0.2) is 41.1 Å². The summed E-state index contributed by atoms with van der Waals surface area (Å²) in [5.41, 5.74) is 2.49. The first-order chi connectivity index (χ1) is 14.8. The number of rotatable bonds is 8. The highest BCUT2D eigenvalue weighted by molar-refractivity contribution is 6.32. The zero-order valence-electron chi connectivity index (χ0n) is 17.0. The molecule has 2 aromatic carbocycles. The third-order valence-electron chi connectivity index (χ3n) is 4.41. The second-order valence-electron chi connectivity index (χ2n) is 6.81. The molecule has 2 aromatic rings. The van der Waals surface area contributed by atoms with E-state index in [9.17, 15) is 14.4 Å². The van der Waals surface area contributed by atoms with Gasteiger partial charge in [-0.05, 0) is 43.2 Å². The molecule has 31 heavy (non-hydrogen) atoms. The molecule has 0 radical (unpaired) electrons. The minimum atomic E-state index is -1.15. The molecule has 0 aliphatic carbocycles. The van der Waals surface area contributed by atoms with E-state index in [0.717, 1.165) is 16.0 Å². The van der Waals surface area contributed by atoms with E-state index in [-0.39, 0.29) is 28.8 Å². The number of hydrogen-bond donors (Lipinski definition) is 2. The molecule has 0 bridgehead atoms. The molecule has 1 heterocycles. The molecular formula is C22H21ClN2O6. The fourth-order valence-electron chi connectivity index (χ4n) is 2.97. The Hall–Kier alpha value is -3.52. The summed E-state index contributed by atoms with van der Waals surface area (Å²) in [4.78, 5) is 37.0. The Morgan fingerprint density at radius 3 is 2.55 bits per heavy atom. The van der Waals surface area contributed by atoms with E-state index in [1.165, 1.54) is 12.1 Å². The summed E-state index contributed by atoms with van der Waals surface area (Å²) in [6.45, 7) is 3.57. The van der Waals surface area contributed by atoms with Gasteiger partial charge in [0.05, 0.1) is 18.2 Å². The highest BCUT2D eigenvalue weighted by atomic mass is 35.5. The predicted molar refractivity (Wildman–Crippen MR) is 114 cm³/mol. The molecule has 0 aromatic heterocycles. The van der Waals surface area contributed by atoms with E-state index in [1.807, 2.05) is 31.2 Å². The van der Waals surface area contributed by atoms with Gasteiger partial charge >= 0.3 is 12.0 Å². The van der Waals surface area contributed by atoms with Crippen molar-refractivity contribution in [2.75, 3.05) is 13.2 Å². The first-order valence-corrected chi connectivity index (χ1v) is 9.87. The van der Waals surface area contributed by atoms with Crippen molar-refractivity contribution in [3.63, 3.8) is 0 Å². The highest BCUT2D eigenvalue weighted by Crippen LogP contribution is 2.37. The van der Waals surface area contributed by atoms with Gasteiger partial charge in [-0.25, -0.2) is 9.59 Å². The van der Waals surface area contributed by atoms with Crippen molar-refractivity contribution in [3.05, 3.63) is 63.8 Å². The molecule has 9 heteroatoms. The fourth-order valence-corrected chi connectivity index (χ4v) is 3.24. The molecule has 0 unspecified atom stereocenters. The average Bonchev–Trinajstić information content (AvgIpc) is 2.96. The van der Waals surface area contributed by atoms with Gasteiger partial charge in [-0.1, -0.05) is 41.4 Å². The predicted octanol–water partition coefficient (Wildman–Crippen LogP) is 3.60. The van der Waals surface area contributed by atoms with Crippen LogP contribution in [0.15, 0.2) is 42.1 Å². The Morgan fingerprint density at radius 2 is 1.90 bits per heavy atom. The molecule has 8 nitrogen and oxygen atoms in total. The summed E-state index contributed by atoms with van der Waals surface area (Å²) < 4.78 is 10.7. The van der Waals surface area contributed by atoms with Crippen LogP contribution >= 0.6 is 11.6 Å². The number of carboxylic acid groups (broad SMARTS) is 1. The van der Waals surface area contributed by atoms with E-state index in [0.29, 0.717) is 12.2 Å². The molecule has 1 fully saturated rings. The van der Waals surface area contributed by atoms with E-state index in [4.69, 9.17) is 26.2 Å². The Morgan fingerprint density at radius 1 is 1.19 bits per heavy atom. The Balaban J connectivity index is 1.85. The smallest absolute Gasteiger partial charge is 0.341 e. The molecule has 0 atom stereocenters. The summed E-state index contributed by atoms with van der Waals surface area (Å²) in [6, 6.07) is 10.1. The molecule has 2 N–H and O–H groups in total. The van der Waals surface area contributed by atoms with E-state index >= 15 is 0 Å². The number of ether oxygens (including phenoxy) is 2. The summed E-state index contributed by atoms with van der Waals surface area (Å²) in [6.07, 6.45) is 1.48. The van der Waals surface area contributed by atoms with Gasteiger partial charge in [-0.2, -0.15) is 0 Å². The van der Waals surface area contributed by atoms with Gasteiger partial charge < -0.3 is 19.9 Å². The number of aliphatic carboxylic acids is 1. The molecule has 0 saturated carbocycles. The number of benzene rings is 2. The van der Waals surface area contributed by atoms with Gasteiger partial charge in [0.25, 0.3) is 5.91 Å². The van der Waals surface area contributed by atoms with Gasteiger partial charge in [0.2, 0.25) is 0 Å². The first kappa shape index (κ1) is 22.2. The van der Waals surface area contributed by atoms with Crippen molar-refractivity contribution in [2.24, 2.45) is 0 Å². The van der Waals surface area contributed by atoms with Gasteiger partial charge in [0, 0.05) is 0 Å². The summed E-state index contributed by atoms with van der Waals surface area (Å²) in [7, 11) is 0. The lowest BCUT2D eigenvalue weighted by Crippen LogP contribution is -2.30. The van der Waals surface area contributed by atoms with Crippen molar-refractivity contribution in [2.45, 2.75) is 20.4 Å². The van der Waals surface area contributed by atoms with Gasteiger partial charge in [-0.3, -0.25) is 9.69 Å². The average molecular weight is 445 g/mol. The van der Waals surface area contributed by atoms with Gasteiger partial charge in [-0.15, -0.1) is 0 Å². The van der Waals surface area contributed by atoms with Crippen LogP contribution in [0, 0.1) is 6.92 Å². The van der Waals surface area contributed by atoms with Crippen LogP contribution < -0.4 is 14.8 Å². The molecule has 1 saturated heterocycles. The van der Waals surface area contributed by atoms with Crippen LogP contribution in [0.25, 0.3) is 6.08 Å². The maximum Gasteiger partial charge on any atom is 0.341 e. The number of nitrogens with one attached hydrogen (secondary N) is 1. The van der Waals surface area contributed by atoms with Crippen molar-refractivity contribution in [1.82, 2.24) is 10.2 Å². The van der Waals surface area contributed by atoms with Crippen LogP contribution in [0.3, 0.4) is 0 Å². The number of imide groups is 1. The number of carbonyl (C=O) groups is 3. The highest BCUT2D eigenvalue weighted by Gasteiger charge is 2.33. The number of urea groups is 1. The third-order valence-corrected chi connectivity index (χ3v) is 4.69. The molecule has 1 aliphatic heterocycles. The monoisotopic (exact) mass is 444 g/mol. The molecule has 162 valence electrons.